The molecule has 0 aliphatic heterocycles. The van der Waals surface area contributed by atoms with Crippen LogP contribution in [-0.4, -0.2) is 29.5 Å². The summed E-state index contributed by atoms with van der Waals surface area (Å²) in [5.74, 6) is -1.23. The lowest BCUT2D eigenvalue weighted by molar-refractivity contribution is -0.118. The number of ether oxygens (including phenoxy) is 1. The molecule has 2 amide bonds. The van der Waals surface area contributed by atoms with Crippen molar-refractivity contribution in [3.63, 3.8) is 0 Å². The molecule has 3 N–H and O–H groups in total. The van der Waals surface area contributed by atoms with E-state index in [-0.39, 0.29) is 34.7 Å². The molecule has 1 unspecified atom stereocenters. The Morgan fingerprint density at radius 1 is 0.842 bits per heavy atom. The minimum absolute atomic E-state index is 0.00769. The molecule has 0 saturated heterocycles. The predicted octanol–water partition coefficient (Wildman–Crippen LogP) is 6.53. The molecular weight excluding hydrogens is 524 g/mol. The minimum atomic E-state index is -1.13. The van der Waals surface area contributed by atoms with Crippen molar-refractivity contribution in [1.29, 1.82) is 0 Å². The maximum absolute atomic E-state index is 13.4. The van der Waals surface area contributed by atoms with Gasteiger partial charge in [-0.3, -0.25) is 9.59 Å². The lowest BCUT2D eigenvalue weighted by atomic mass is 10.1. The number of rotatable bonds is 10. The molecule has 0 radical (unpaired) electrons. The third-order valence-electron chi connectivity index (χ3n) is 5.30. The van der Waals surface area contributed by atoms with E-state index in [0.717, 1.165) is 10.5 Å². The Morgan fingerprint density at radius 2 is 1.55 bits per heavy atom. The number of benzene rings is 4. The fraction of sp³-hybridized carbons (Fsp3) is 0.0690. The summed E-state index contributed by atoms with van der Waals surface area (Å²) in [6.07, 6.45) is 0. The Morgan fingerprint density at radius 3 is 2.26 bits per heavy atom. The molecule has 38 heavy (non-hydrogen) atoms. The number of anilines is 2. The predicted molar refractivity (Wildman–Crippen MR) is 149 cm³/mol. The summed E-state index contributed by atoms with van der Waals surface area (Å²) in [5, 5.41) is 14.4. The van der Waals surface area contributed by atoms with Gasteiger partial charge in [-0.05, 0) is 54.1 Å². The maximum atomic E-state index is 13.4. The van der Waals surface area contributed by atoms with Crippen LogP contribution in [0, 0.1) is 0 Å². The standard InChI is InChI=1S/C29H23ClN2O5S/c30-24-15-14-20(29(35)36)16-25(24)32-28(34)27(19-8-3-1-4-9-19)38-23-13-7-10-21(17-23)31-26(33)18-37-22-11-5-2-6-12-22/h1-17,27H,18H2,(H,31,33)(H,32,34)(H,35,36). The summed E-state index contributed by atoms with van der Waals surface area (Å²) in [5.41, 5.74) is 1.51. The van der Waals surface area contributed by atoms with Crippen molar-refractivity contribution >= 4 is 52.5 Å². The second-order valence-electron chi connectivity index (χ2n) is 8.08. The van der Waals surface area contributed by atoms with Gasteiger partial charge in [-0.2, -0.15) is 0 Å². The van der Waals surface area contributed by atoms with Crippen LogP contribution in [0.3, 0.4) is 0 Å². The van der Waals surface area contributed by atoms with Crippen molar-refractivity contribution in [1.82, 2.24) is 0 Å². The van der Waals surface area contributed by atoms with Crippen LogP contribution in [-0.2, 0) is 9.59 Å². The molecule has 4 rings (SSSR count). The number of amides is 2. The average molecular weight is 547 g/mol. The monoisotopic (exact) mass is 546 g/mol. The summed E-state index contributed by atoms with van der Waals surface area (Å²) < 4.78 is 5.50. The van der Waals surface area contributed by atoms with E-state index in [4.69, 9.17) is 16.3 Å². The number of nitrogens with one attached hydrogen (secondary N) is 2. The molecule has 0 aromatic heterocycles. The number of carbonyl (C=O) groups is 3. The maximum Gasteiger partial charge on any atom is 0.335 e. The molecule has 1 atom stereocenters. The highest BCUT2D eigenvalue weighted by Gasteiger charge is 2.23. The van der Waals surface area contributed by atoms with E-state index in [1.165, 1.54) is 30.0 Å². The normalized spacial score (nSPS) is 11.3. The lowest BCUT2D eigenvalue weighted by Gasteiger charge is -2.18. The fourth-order valence-corrected chi connectivity index (χ4v) is 4.75. The highest BCUT2D eigenvalue weighted by Crippen LogP contribution is 2.38. The number of carboxylic acid groups (broad SMARTS) is 1. The van der Waals surface area contributed by atoms with Crippen LogP contribution in [0.2, 0.25) is 5.02 Å². The summed E-state index contributed by atoms with van der Waals surface area (Å²) in [4.78, 5) is 37.9. The number of aromatic carboxylic acids is 1. The largest absolute Gasteiger partial charge is 0.484 e. The first-order chi connectivity index (χ1) is 18.4. The average Bonchev–Trinajstić information content (AvgIpc) is 2.93. The zero-order valence-corrected chi connectivity index (χ0v) is 21.5. The van der Waals surface area contributed by atoms with Crippen molar-refractivity contribution in [2.45, 2.75) is 10.1 Å². The molecule has 7 nitrogen and oxygen atoms in total. The molecule has 4 aromatic rings. The Balaban J connectivity index is 1.49. The molecule has 192 valence electrons. The van der Waals surface area contributed by atoms with E-state index in [0.29, 0.717) is 11.4 Å². The Labute approximate surface area is 228 Å². The first kappa shape index (κ1) is 26.8. The first-order valence-corrected chi connectivity index (χ1v) is 12.8. The van der Waals surface area contributed by atoms with Crippen molar-refractivity contribution in [2.24, 2.45) is 0 Å². The molecule has 0 aliphatic rings. The van der Waals surface area contributed by atoms with Crippen molar-refractivity contribution in [3.05, 3.63) is 119 Å². The number of para-hydroxylation sites is 1. The summed E-state index contributed by atoms with van der Waals surface area (Å²) >= 11 is 7.51. The van der Waals surface area contributed by atoms with Crippen LogP contribution in [0.15, 0.2) is 108 Å². The van der Waals surface area contributed by atoms with Gasteiger partial charge < -0.3 is 20.5 Å². The smallest absolute Gasteiger partial charge is 0.335 e. The number of halogens is 1. The van der Waals surface area contributed by atoms with Crippen LogP contribution in [0.5, 0.6) is 5.75 Å². The van der Waals surface area contributed by atoms with Gasteiger partial charge in [0.15, 0.2) is 6.61 Å². The van der Waals surface area contributed by atoms with Crippen LogP contribution >= 0.6 is 23.4 Å². The van der Waals surface area contributed by atoms with Gasteiger partial charge in [-0.25, -0.2) is 4.79 Å². The molecule has 9 heteroatoms. The van der Waals surface area contributed by atoms with E-state index >= 15 is 0 Å². The third kappa shape index (κ3) is 7.38. The van der Waals surface area contributed by atoms with E-state index in [1.807, 2.05) is 54.6 Å². The zero-order valence-electron chi connectivity index (χ0n) is 20.0. The topological polar surface area (TPSA) is 105 Å². The van der Waals surface area contributed by atoms with Gasteiger partial charge in [0.05, 0.1) is 16.3 Å². The highest BCUT2D eigenvalue weighted by molar-refractivity contribution is 8.00. The number of carboxylic acids is 1. The van der Waals surface area contributed by atoms with E-state index in [9.17, 15) is 19.5 Å². The van der Waals surface area contributed by atoms with E-state index in [2.05, 4.69) is 10.6 Å². The molecule has 0 fully saturated rings. The second-order valence-corrected chi connectivity index (χ2v) is 9.66. The molecule has 4 aromatic carbocycles. The van der Waals surface area contributed by atoms with Gasteiger partial charge in [-0.1, -0.05) is 66.2 Å². The third-order valence-corrected chi connectivity index (χ3v) is 6.87. The molecule has 0 spiro atoms. The Kier molecular flexibility index (Phi) is 9.02. The van der Waals surface area contributed by atoms with Gasteiger partial charge in [0, 0.05) is 10.6 Å². The van der Waals surface area contributed by atoms with Gasteiger partial charge >= 0.3 is 5.97 Å². The van der Waals surface area contributed by atoms with E-state index in [1.54, 1.807) is 30.3 Å². The van der Waals surface area contributed by atoms with Crippen LogP contribution in [0.4, 0.5) is 11.4 Å². The fourth-order valence-electron chi connectivity index (χ4n) is 3.50. The number of thioether (sulfide) groups is 1. The van der Waals surface area contributed by atoms with Gasteiger partial charge in [0.2, 0.25) is 5.91 Å². The number of hydrogen-bond acceptors (Lipinski definition) is 5. The lowest BCUT2D eigenvalue weighted by Crippen LogP contribution is -2.20. The van der Waals surface area contributed by atoms with Crippen molar-refractivity contribution < 1.29 is 24.2 Å². The number of carbonyl (C=O) groups excluding carboxylic acids is 2. The van der Waals surface area contributed by atoms with Crippen LogP contribution in [0.1, 0.15) is 21.2 Å². The van der Waals surface area contributed by atoms with Crippen LogP contribution in [0.25, 0.3) is 0 Å². The molecule has 0 saturated carbocycles. The SMILES string of the molecule is O=C(COc1ccccc1)Nc1cccc(SC(C(=O)Nc2cc(C(=O)O)ccc2Cl)c2ccccc2)c1. The highest BCUT2D eigenvalue weighted by atomic mass is 35.5. The number of hydrogen-bond donors (Lipinski definition) is 3. The zero-order chi connectivity index (χ0) is 26.9. The molecule has 0 bridgehead atoms. The summed E-state index contributed by atoms with van der Waals surface area (Å²) in [6, 6.07) is 29.5. The Hall–Kier alpha value is -4.27. The first-order valence-electron chi connectivity index (χ1n) is 11.5. The van der Waals surface area contributed by atoms with E-state index < -0.39 is 11.2 Å². The van der Waals surface area contributed by atoms with Crippen molar-refractivity contribution in [3.8, 4) is 5.75 Å². The second kappa shape index (κ2) is 12.8. The Bertz CT molecular complexity index is 1430. The minimum Gasteiger partial charge on any atom is -0.484 e. The molecule has 0 aliphatic carbocycles. The summed E-state index contributed by atoms with van der Waals surface area (Å²) in [6.45, 7) is -0.146. The quantitative estimate of drug-likeness (QED) is 0.195. The van der Waals surface area contributed by atoms with Gasteiger partial charge in [0.25, 0.3) is 5.91 Å². The van der Waals surface area contributed by atoms with Crippen LogP contribution < -0.4 is 15.4 Å². The van der Waals surface area contributed by atoms with Gasteiger partial charge in [0.1, 0.15) is 11.0 Å². The van der Waals surface area contributed by atoms with Gasteiger partial charge in [-0.15, -0.1) is 11.8 Å². The molecular formula is C29H23ClN2O5S. The van der Waals surface area contributed by atoms with Crippen molar-refractivity contribution in [2.75, 3.05) is 17.2 Å². The molecule has 0 heterocycles. The summed E-state index contributed by atoms with van der Waals surface area (Å²) in [7, 11) is 0.